The summed E-state index contributed by atoms with van der Waals surface area (Å²) in [4.78, 5) is 12.1. The standard InChI is InChI=1S/C13H12IN3O/c1-7-3-2-4-8-9(7)5-11(16-13(8)18)12-10(14)6-15-17-12/h2-4,6,11H,5H2,1H3,(H,15,17)(H,16,18). The van der Waals surface area contributed by atoms with Gasteiger partial charge in [0, 0.05) is 5.56 Å². The van der Waals surface area contributed by atoms with Crippen molar-refractivity contribution >= 4 is 28.5 Å². The lowest BCUT2D eigenvalue weighted by Gasteiger charge is -2.26. The highest BCUT2D eigenvalue weighted by Gasteiger charge is 2.28. The second-order valence-electron chi connectivity index (χ2n) is 4.46. The number of fused-ring (bicyclic) bond motifs is 1. The molecule has 0 saturated heterocycles. The first-order valence-electron chi connectivity index (χ1n) is 5.75. The smallest absolute Gasteiger partial charge is 0.252 e. The van der Waals surface area contributed by atoms with E-state index in [0.717, 1.165) is 26.8 Å². The van der Waals surface area contributed by atoms with Gasteiger partial charge in [-0.1, -0.05) is 12.1 Å². The summed E-state index contributed by atoms with van der Waals surface area (Å²) in [5.41, 5.74) is 4.08. The highest BCUT2D eigenvalue weighted by molar-refractivity contribution is 14.1. The SMILES string of the molecule is Cc1cccc2c1CC(c1[nH]ncc1I)NC2=O. The minimum Gasteiger partial charge on any atom is -0.343 e. The predicted octanol–water partition coefficient (Wildman–Crippen LogP) is 2.35. The Balaban J connectivity index is 2.04. The van der Waals surface area contributed by atoms with Crippen molar-refractivity contribution in [2.45, 2.75) is 19.4 Å². The summed E-state index contributed by atoms with van der Waals surface area (Å²) in [6.45, 7) is 2.05. The summed E-state index contributed by atoms with van der Waals surface area (Å²) in [5.74, 6) is -0.00431. The van der Waals surface area contributed by atoms with Crippen molar-refractivity contribution in [1.29, 1.82) is 0 Å². The predicted molar refractivity (Wildman–Crippen MR) is 76.4 cm³/mol. The van der Waals surface area contributed by atoms with Crippen molar-refractivity contribution < 1.29 is 4.79 Å². The van der Waals surface area contributed by atoms with Crippen LogP contribution in [0.1, 0.15) is 33.2 Å². The third-order valence-electron chi connectivity index (χ3n) is 3.34. The molecule has 1 aliphatic rings. The Kier molecular flexibility index (Phi) is 2.85. The summed E-state index contributed by atoms with van der Waals surface area (Å²) in [5, 5.41) is 10.0. The van der Waals surface area contributed by atoms with E-state index in [2.05, 4.69) is 38.1 Å². The Morgan fingerprint density at radius 2 is 2.28 bits per heavy atom. The zero-order valence-corrected chi connectivity index (χ0v) is 12.0. The number of benzene rings is 1. The maximum absolute atomic E-state index is 12.1. The molecule has 1 unspecified atom stereocenters. The number of nitrogens with zero attached hydrogens (tertiary/aromatic N) is 1. The van der Waals surface area contributed by atoms with Crippen LogP contribution in [0.2, 0.25) is 0 Å². The van der Waals surface area contributed by atoms with Gasteiger partial charge in [0.05, 0.1) is 21.5 Å². The van der Waals surface area contributed by atoms with Gasteiger partial charge in [0.1, 0.15) is 0 Å². The highest BCUT2D eigenvalue weighted by Crippen LogP contribution is 2.28. The number of nitrogens with one attached hydrogen (secondary N) is 2. The van der Waals surface area contributed by atoms with Crippen LogP contribution in [0.15, 0.2) is 24.4 Å². The molecule has 92 valence electrons. The molecule has 1 aliphatic heterocycles. The third kappa shape index (κ3) is 1.82. The summed E-state index contributed by atoms with van der Waals surface area (Å²) < 4.78 is 1.05. The van der Waals surface area contributed by atoms with Crippen LogP contribution in [0.4, 0.5) is 0 Å². The molecule has 2 aromatic rings. The number of H-pyrrole nitrogens is 1. The molecular formula is C13H12IN3O. The number of hydrogen-bond donors (Lipinski definition) is 2. The van der Waals surface area contributed by atoms with Crippen molar-refractivity contribution in [3.05, 3.63) is 50.4 Å². The molecule has 2 N–H and O–H groups in total. The highest BCUT2D eigenvalue weighted by atomic mass is 127. The topological polar surface area (TPSA) is 57.8 Å². The molecule has 1 aromatic heterocycles. The summed E-state index contributed by atoms with van der Waals surface area (Å²) >= 11 is 2.23. The maximum atomic E-state index is 12.1. The van der Waals surface area contributed by atoms with E-state index in [-0.39, 0.29) is 11.9 Å². The van der Waals surface area contributed by atoms with Crippen molar-refractivity contribution in [3.8, 4) is 0 Å². The number of halogens is 1. The average molecular weight is 353 g/mol. The minimum atomic E-state index is -0.0134. The zero-order chi connectivity index (χ0) is 12.7. The van der Waals surface area contributed by atoms with E-state index in [4.69, 9.17) is 0 Å². The van der Waals surface area contributed by atoms with Gasteiger partial charge in [-0.25, -0.2) is 0 Å². The van der Waals surface area contributed by atoms with E-state index in [0.29, 0.717) is 0 Å². The van der Waals surface area contributed by atoms with Crippen LogP contribution in [-0.2, 0) is 6.42 Å². The fourth-order valence-electron chi connectivity index (χ4n) is 2.38. The van der Waals surface area contributed by atoms with Gasteiger partial charge in [-0.05, 0) is 53.1 Å². The van der Waals surface area contributed by atoms with Gasteiger partial charge in [-0.2, -0.15) is 5.10 Å². The van der Waals surface area contributed by atoms with E-state index >= 15 is 0 Å². The number of aromatic amines is 1. The first-order valence-corrected chi connectivity index (χ1v) is 6.83. The van der Waals surface area contributed by atoms with E-state index in [9.17, 15) is 4.79 Å². The molecule has 18 heavy (non-hydrogen) atoms. The average Bonchev–Trinajstić information content (AvgIpc) is 2.77. The molecule has 1 aromatic carbocycles. The Labute approximate surface area is 118 Å². The number of aromatic nitrogens is 2. The fraction of sp³-hybridized carbons (Fsp3) is 0.231. The van der Waals surface area contributed by atoms with Crippen LogP contribution < -0.4 is 5.32 Å². The number of amides is 1. The fourth-order valence-corrected chi connectivity index (χ4v) is 3.01. The van der Waals surface area contributed by atoms with Gasteiger partial charge in [0.15, 0.2) is 0 Å². The largest absolute Gasteiger partial charge is 0.343 e. The second kappa shape index (κ2) is 4.38. The Morgan fingerprint density at radius 1 is 1.44 bits per heavy atom. The normalized spacial score (nSPS) is 18.3. The number of hydrogen-bond acceptors (Lipinski definition) is 2. The maximum Gasteiger partial charge on any atom is 0.252 e. The number of aryl methyl sites for hydroxylation is 1. The molecule has 0 spiro atoms. The molecule has 2 heterocycles. The molecule has 0 bridgehead atoms. The van der Waals surface area contributed by atoms with Crippen molar-refractivity contribution in [1.82, 2.24) is 15.5 Å². The lowest BCUT2D eigenvalue weighted by atomic mass is 9.90. The lowest BCUT2D eigenvalue weighted by molar-refractivity contribution is 0.0923. The lowest BCUT2D eigenvalue weighted by Crippen LogP contribution is -2.36. The van der Waals surface area contributed by atoms with Crippen LogP contribution in [0.25, 0.3) is 0 Å². The molecule has 1 atom stereocenters. The van der Waals surface area contributed by atoms with Gasteiger partial charge in [0.25, 0.3) is 5.91 Å². The molecular weight excluding hydrogens is 341 g/mol. The van der Waals surface area contributed by atoms with Gasteiger partial charge in [0.2, 0.25) is 0 Å². The Bertz CT molecular complexity index is 620. The second-order valence-corrected chi connectivity index (χ2v) is 5.63. The first kappa shape index (κ1) is 11.7. The number of carbonyl (C=O) groups excluding carboxylic acids is 1. The van der Waals surface area contributed by atoms with Crippen LogP contribution in [-0.4, -0.2) is 16.1 Å². The summed E-state index contributed by atoms with van der Waals surface area (Å²) in [6, 6.07) is 5.84. The van der Waals surface area contributed by atoms with E-state index < -0.39 is 0 Å². The molecule has 3 rings (SSSR count). The number of rotatable bonds is 1. The van der Waals surface area contributed by atoms with Crippen LogP contribution in [0.5, 0.6) is 0 Å². The third-order valence-corrected chi connectivity index (χ3v) is 4.20. The van der Waals surface area contributed by atoms with Crippen LogP contribution in [0.3, 0.4) is 0 Å². The summed E-state index contributed by atoms with van der Waals surface area (Å²) in [7, 11) is 0. The minimum absolute atomic E-state index is 0.00431. The molecule has 0 aliphatic carbocycles. The van der Waals surface area contributed by atoms with Crippen molar-refractivity contribution in [2.75, 3.05) is 0 Å². The number of carbonyl (C=O) groups is 1. The van der Waals surface area contributed by atoms with Gasteiger partial charge in [-0.15, -0.1) is 0 Å². The summed E-state index contributed by atoms with van der Waals surface area (Å²) in [6.07, 6.45) is 2.58. The van der Waals surface area contributed by atoms with Crippen molar-refractivity contribution in [2.24, 2.45) is 0 Å². The van der Waals surface area contributed by atoms with E-state index in [1.807, 2.05) is 25.1 Å². The Morgan fingerprint density at radius 3 is 3.00 bits per heavy atom. The Hall–Kier alpha value is -1.37. The van der Waals surface area contributed by atoms with E-state index in [1.165, 1.54) is 5.56 Å². The molecule has 4 nitrogen and oxygen atoms in total. The molecule has 0 radical (unpaired) electrons. The van der Waals surface area contributed by atoms with Crippen molar-refractivity contribution in [3.63, 3.8) is 0 Å². The quantitative estimate of drug-likeness (QED) is 0.774. The van der Waals surface area contributed by atoms with Crippen LogP contribution in [0, 0.1) is 10.5 Å². The molecule has 1 amide bonds. The van der Waals surface area contributed by atoms with Gasteiger partial charge >= 0.3 is 0 Å². The van der Waals surface area contributed by atoms with Gasteiger partial charge in [-0.3, -0.25) is 9.89 Å². The zero-order valence-electron chi connectivity index (χ0n) is 9.83. The van der Waals surface area contributed by atoms with Gasteiger partial charge < -0.3 is 5.32 Å². The molecule has 5 heteroatoms. The molecule has 0 fully saturated rings. The first-order chi connectivity index (χ1) is 8.66. The van der Waals surface area contributed by atoms with E-state index in [1.54, 1.807) is 6.20 Å². The monoisotopic (exact) mass is 353 g/mol. The molecule has 0 saturated carbocycles. The van der Waals surface area contributed by atoms with Crippen LogP contribution >= 0.6 is 22.6 Å².